The highest BCUT2D eigenvalue weighted by atomic mass is 79.9. The number of carbonyl (C=O) groups is 1. The lowest BCUT2D eigenvalue weighted by molar-refractivity contribution is -0.115. The van der Waals surface area contributed by atoms with Gasteiger partial charge in [0.1, 0.15) is 0 Å². The second-order valence-electron chi connectivity index (χ2n) is 5.00. The first kappa shape index (κ1) is 17.2. The Balaban J connectivity index is 1.51. The molecule has 0 aliphatic heterocycles. The molecule has 0 saturated heterocycles. The van der Waals surface area contributed by atoms with Crippen LogP contribution in [0.4, 0.5) is 5.69 Å². The van der Waals surface area contributed by atoms with Crippen molar-refractivity contribution in [3.63, 3.8) is 0 Å². The van der Waals surface area contributed by atoms with Gasteiger partial charge in [0.2, 0.25) is 5.91 Å². The predicted molar refractivity (Wildman–Crippen MR) is 102 cm³/mol. The maximum absolute atomic E-state index is 12.0. The summed E-state index contributed by atoms with van der Waals surface area (Å²) in [6, 6.07) is 11.5. The largest absolute Gasteiger partial charge is 0.326 e. The van der Waals surface area contributed by atoms with Crippen LogP contribution in [-0.4, -0.2) is 26.4 Å². The highest BCUT2D eigenvalue weighted by Gasteiger charge is 2.12. The average molecular weight is 423 g/mol. The van der Waals surface area contributed by atoms with Crippen LogP contribution in [0, 0.1) is 0 Å². The minimum Gasteiger partial charge on any atom is -0.326 e. The van der Waals surface area contributed by atoms with Gasteiger partial charge in [0.15, 0.2) is 11.0 Å². The van der Waals surface area contributed by atoms with Crippen molar-refractivity contribution in [1.82, 2.24) is 14.8 Å². The SMILES string of the molecule is Cn1c(SCCC(=O)Nc2ccc(Br)cc2)nnc1-c1cccs1. The first-order valence-corrected chi connectivity index (χ1v) is 9.91. The van der Waals surface area contributed by atoms with E-state index in [1.165, 1.54) is 11.8 Å². The standard InChI is InChI=1S/C16H15BrN4OS2/c1-21-15(13-3-2-9-23-13)19-20-16(21)24-10-8-14(22)18-12-6-4-11(17)5-7-12/h2-7,9H,8,10H2,1H3,(H,18,22). The van der Waals surface area contributed by atoms with Crippen molar-refractivity contribution in [2.75, 3.05) is 11.1 Å². The van der Waals surface area contributed by atoms with Crippen LogP contribution in [0.25, 0.3) is 10.7 Å². The normalized spacial score (nSPS) is 10.8. The van der Waals surface area contributed by atoms with E-state index in [0.717, 1.165) is 26.0 Å². The molecule has 0 unspecified atom stereocenters. The summed E-state index contributed by atoms with van der Waals surface area (Å²) in [7, 11) is 1.94. The van der Waals surface area contributed by atoms with Crippen LogP contribution < -0.4 is 5.32 Å². The lowest BCUT2D eigenvalue weighted by atomic mass is 10.3. The van der Waals surface area contributed by atoms with Gasteiger partial charge in [-0.1, -0.05) is 33.8 Å². The summed E-state index contributed by atoms with van der Waals surface area (Å²) < 4.78 is 2.95. The van der Waals surface area contributed by atoms with Crippen LogP contribution >= 0.6 is 39.0 Å². The molecule has 5 nitrogen and oxygen atoms in total. The molecule has 1 amide bonds. The van der Waals surface area contributed by atoms with Crippen LogP contribution in [0.15, 0.2) is 51.4 Å². The number of hydrogen-bond acceptors (Lipinski definition) is 5. The Bertz CT molecular complexity index is 815. The van der Waals surface area contributed by atoms with Gasteiger partial charge in [0.05, 0.1) is 4.88 Å². The van der Waals surface area contributed by atoms with Gasteiger partial charge in [-0.05, 0) is 35.7 Å². The lowest BCUT2D eigenvalue weighted by Crippen LogP contribution is -2.12. The molecule has 1 aromatic carbocycles. The fraction of sp³-hybridized carbons (Fsp3) is 0.188. The molecular weight excluding hydrogens is 408 g/mol. The second-order valence-corrected chi connectivity index (χ2v) is 7.92. The van der Waals surface area contributed by atoms with E-state index in [-0.39, 0.29) is 5.91 Å². The predicted octanol–water partition coefficient (Wildman–Crippen LogP) is 4.43. The Morgan fingerprint density at radius 2 is 2.08 bits per heavy atom. The summed E-state index contributed by atoms with van der Waals surface area (Å²) in [4.78, 5) is 13.1. The van der Waals surface area contributed by atoms with Crippen LogP contribution in [0.1, 0.15) is 6.42 Å². The van der Waals surface area contributed by atoms with Gasteiger partial charge in [0, 0.05) is 29.4 Å². The van der Waals surface area contributed by atoms with Crippen molar-refractivity contribution in [1.29, 1.82) is 0 Å². The van der Waals surface area contributed by atoms with Crippen LogP contribution in [0.3, 0.4) is 0 Å². The van der Waals surface area contributed by atoms with E-state index < -0.39 is 0 Å². The van der Waals surface area contributed by atoms with Crippen molar-refractivity contribution in [3.05, 3.63) is 46.3 Å². The molecular formula is C16H15BrN4OS2. The molecule has 124 valence electrons. The Kier molecular flexibility index (Phi) is 5.70. The molecule has 0 radical (unpaired) electrons. The third-order valence-corrected chi connectivity index (χ3v) is 5.68. The van der Waals surface area contributed by atoms with E-state index in [4.69, 9.17) is 0 Å². The summed E-state index contributed by atoms with van der Waals surface area (Å²) >= 11 is 6.54. The highest BCUT2D eigenvalue weighted by Crippen LogP contribution is 2.26. The molecule has 0 aliphatic carbocycles. The molecule has 0 aliphatic rings. The summed E-state index contributed by atoms with van der Waals surface area (Å²) in [6.07, 6.45) is 0.419. The molecule has 0 spiro atoms. The minimum atomic E-state index is -0.00882. The summed E-state index contributed by atoms with van der Waals surface area (Å²) in [5, 5.41) is 14.2. The summed E-state index contributed by atoms with van der Waals surface area (Å²) in [5.74, 6) is 1.50. The van der Waals surface area contributed by atoms with Gasteiger partial charge in [-0.2, -0.15) is 0 Å². The molecule has 3 rings (SSSR count). The molecule has 0 fully saturated rings. The third-order valence-electron chi connectivity index (χ3n) is 3.26. The van der Waals surface area contributed by atoms with Gasteiger partial charge < -0.3 is 9.88 Å². The topological polar surface area (TPSA) is 59.8 Å². The van der Waals surface area contributed by atoms with E-state index in [9.17, 15) is 4.79 Å². The van der Waals surface area contributed by atoms with Gasteiger partial charge in [-0.3, -0.25) is 4.79 Å². The molecule has 2 heterocycles. The summed E-state index contributed by atoms with van der Waals surface area (Å²) in [5.41, 5.74) is 0.798. The molecule has 3 aromatic rings. The zero-order chi connectivity index (χ0) is 16.9. The number of anilines is 1. The molecule has 1 N–H and O–H groups in total. The van der Waals surface area contributed by atoms with Crippen molar-refractivity contribution in [2.45, 2.75) is 11.6 Å². The Labute approximate surface area is 156 Å². The zero-order valence-electron chi connectivity index (χ0n) is 12.9. The Morgan fingerprint density at radius 3 is 2.79 bits per heavy atom. The number of aromatic nitrogens is 3. The van der Waals surface area contributed by atoms with Crippen LogP contribution in [0.5, 0.6) is 0 Å². The maximum atomic E-state index is 12.0. The number of thiophene rings is 1. The number of amides is 1. The van der Waals surface area contributed by atoms with E-state index in [2.05, 4.69) is 31.4 Å². The Hall–Kier alpha value is -1.64. The zero-order valence-corrected chi connectivity index (χ0v) is 16.1. The maximum Gasteiger partial charge on any atom is 0.225 e. The van der Waals surface area contributed by atoms with E-state index >= 15 is 0 Å². The third kappa shape index (κ3) is 4.25. The molecule has 0 saturated carbocycles. The van der Waals surface area contributed by atoms with Gasteiger partial charge in [-0.25, -0.2) is 0 Å². The number of rotatable bonds is 6. The summed E-state index contributed by atoms with van der Waals surface area (Å²) in [6.45, 7) is 0. The number of nitrogens with zero attached hydrogens (tertiary/aromatic N) is 3. The van der Waals surface area contributed by atoms with Crippen LogP contribution in [-0.2, 0) is 11.8 Å². The smallest absolute Gasteiger partial charge is 0.225 e. The van der Waals surface area contributed by atoms with Gasteiger partial charge in [-0.15, -0.1) is 21.5 Å². The number of benzene rings is 1. The quantitative estimate of drug-likeness (QED) is 0.596. The number of nitrogens with one attached hydrogen (secondary N) is 1. The molecule has 24 heavy (non-hydrogen) atoms. The van der Waals surface area contributed by atoms with E-state index in [1.54, 1.807) is 11.3 Å². The fourth-order valence-corrected chi connectivity index (χ4v) is 3.91. The first-order chi connectivity index (χ1) is 11.6. The van der Waals surface area contributed by atoms with Crippen molar-refractivity contribution in [2.24, 2.45) is 7.05 Å². The number of hydrogen-bond donors (Lipinski definition) is 1. The average Bonchev–Trinajstić information content (AvgIpc) is 3.20. The van der Waals surface area contributed by atoms with E-state index in [0.29, 0.717) is 12.2 Å². The molecule has 8 heteroatoms. The minimum absolute atomic E-state index is 0.00882. The highest BCUT2D eigenvalue weighted by molar-refractivity contribution is 9.10. The van der Waals surface area contributed by atoms with Crippen LogP contribution in [0.2, 0.25) is 0 Å². The van der Waals surface area contributed by atoms with Crippen molar-refractivity contribution < 1.29 is 4.79 Å². The number of carbonyl (C=O) groups excluding carboxylic acids is 1. The number of thioether (sulfide) groups is 1. The first-order valence-electron chi connectivity index (χ1n) is 7.25. The van der Waals surface area contributed by atoms with Crippen molar-refractivity contribution >= 4 is 50.6 Å². The Morgan fingerprint density at radius 1 is 1.29 bits per heavy atom. The van der Waals surface area contributed by atoms with Crippen molar-refractivity contribution in [3.8, 4) is 10.7 Å². The second kappa shape index (κ2) is 7.96. The molecule has 0 bridgehead atoms. The number of halogens is 1. The molecule has 0 atom stereocenters. The van der Waals surface area contributed by atoms with Gasteiger partial charge in [0.25, 0.3) is 0 Å². The van der Waals surface area contributed by atoms with E-state index in [1.807, 2.05) is 53.4 Å². The van der Waals surface area contributed by atoms with Gasteiger partial charge >= 0.3 is 0 Å². The fourth-order valence-electron chi connectivity index (χ4n) is 2.05. The molecule has 2 aromatic heterocycles. The lowest BCUT2D eigenvalue weighted by Gasteiger charge is -2.05. The monoisotopic (exact) mass is 422 g/mol.